The van der Waals surface area contributed by atoms with Gasteiger partial charge in [0.2, 0.25) is 0 Å². The summed E-state index contributed by atoms with van der Waals surface area (Å²) in [6.07, 6.45) is 11.2. The van der Waals surface area contributed by atoms with Gasteiger partial charge in [-0.1, -0.05) is 24.3 Å². The lowest BCUT2D eigenvalue weighted by Gasteiger charge is -2.07. The molecule has 2 nitrogen and oxygen atoms in total. The number of allylic oxidation sites excluding steroid dienone is 6. The fourth-order valence-electron chi connectivity index (χ4n) is 2.08. The first-order chi connectivity index (χ1) is 8.26. The number of hydrogen-bond donors (Lipinski definition) is 1. The number of aromatic amines is 1. The van der Waals surface area contributed by atoms with E-state index in [9.17, 15) is 0 Å². The number of aryl methyl sites for hydroxylation is 1. The summed E-state index contributed by atoms with van der Waals surface area (Å²) in [6, 6.07) is 2.11. The molecule has 1 aromatic rings. The zero-order valence-electron chi connectivity index (χ0n) is 10.8. The molecule has 0 saturated heterocycles. The molecule has 1 aliphatic carbocycles. The van der Waals surface area contributed by atoms with Gasteiger partial charge < -0.3 is 0 Å². The Hall–Kier alpha value is -1.57. The minimum Gasteiger partial charge on any atom is -0.282 e. The van der Waals surface area contributed by atoms with E-state index in [1.807, 2.05) is 13.8 Å². The Bertz CT molecular complexity index is 471. The van der Waals surface area contributed by atoms with Crippen molar-refractivity contribution in [3.63, 3.8) is 0 Å². The number of hydrogen-bond acceptors (Lipinski definition) is 1. The molecule has 1 heterocycles. The molecule has 0 radical (unpaired) electrons. The fourth-order valence-corrected chi connectivity index (χ4v) is 2.08. The first kappa shape index (κ1) is 11.9. The van der Waals surface area contributed by atoms with Crippen molar-refractivity contribution in [2.45, 2.75) is 33.6 Å². The van der Waals surface area contributed by atoms with E-state index in [1.54, 1.807) is 0 Å². The summed E-state index contributed by atoms with van der Waals surface area (Å²) in [7, 11) is 0. The molecule has 0 spiro atoms. The van der Waals surface area contributed by atoms with Crippen LogP contribution in [0, 0.1) is 12.8 Å². The predicted octanol–water partition coefficient (Wildman–Crippen LogP) is 4.03. The number of aromatic nitrogens is 2. The molecule has 0 aliphatic heterocycles. The van der Waals surface area contributed by atoms with Gasteiger partial charge >= 0.3 is 0 Å². The van der Waals surface area contributed by atoms with Crippen LogP contribution in [0.25, 0.3) is 5.57 Å². The lowest BCUT2D eigenvalue weighted by atomic mass is 9.97. The molecule has 2 heteroatoms. The van der Waals surface area contributed by atoms with Gasteiger partial charge in [0.25, 0.3) is 0 Å². The molecule has 0 unspecified atom stereocenters. The normalized spacial score (nSPS) is 18.1. The van der Waals surface area contributed by atoms with E-state index in [0.29, 0.717) is 0 Å². The average Bonchev–Trinajstić information content (AvgIpc) is 3.07. The van der Waals surface area contributed by atoms with E-state index in [-0.39, 0.29) is 0 Å². The van der Waals surface area contributed by atoms with Crippen LogP contribution in [0.3, 0.4) is 0 Å². The number of rotatable bonds is 4. The first-order valence-electron chi connectivity index (χ1n) is 6.28. The van der Waals surface area contributed by atoms with Gasteiger partial charge in [0, 0.05) is 11.3 Å². The van der Waals surface area contributed by atoms with Crippen LogP contribution < -0.4 is 0 Å². The van der Waals surface area contributed by atoms with Crippen LogP contribution in [-0.2, 0) is 0 Å². The highest BCUT2D eigenvalue weighted by atomic mass is 15.1. The van der Waals surface area contributed by atoms with Crippen molar-refractivity contribution in [1.29, 1.82) is 0 Å². The van der Waals surface area contributed by atoms with Crippen LogP contribution in [-0.4, -0.2) is 10.2 Å². The van der Waals surface area contributed by atoms with Crippen molar-refractivity contribution < 1.29 is 0 Å². The van der Waals surface area contributed by atoms with Crippen LogP contribution >= 0.6 is 0 Å². The highest BCUT2D eigenvalue weighted by Gasteiger charge is 2.28. The molecule has 0 aromatic carbocycles. The molecule has 0 amide bonds. The van der Waals surface area contributed by atoms with Crippen LogP contribution in [0.1, 0.15) is 38.1 Å². The van der Waals surface area contributed by atoms with Gasteiger partial charge in [0.15, 0.2) is 0 Å². The standard InChI is InChI=1S/C15H20N2/c1-4-6-7-14(13(5-2)12-8-9-12)15-10-11(3)16-17-15/h4-7,10,12H,8-9H2,1-3H3,(H,16,17)/b6-4?,13-5-,14-7+. The highest BCUT2D eigenvalue weighted by molar-refractivity contribution is 5.79. The summed E-state index contributed by atoms with van der Waals surface area (Å²) in [5.41, 5.74) is 4.87. The van der Waals surface area contributed by atoms with Gasteiger partial charge in [-0.25, -0.2) is 0 Å². The van der Waals surface area contributed by atoms with Crippen LogP contribution in [0.2, 0.25) is 0 Å². The van der Waals surface area contributed by atoms with E-state index >= 15 is 0 Å². The summed E-state index contributed by atoms with van der Waals surface area (Å²) >= 11 is 0. The third kappa shape index (κ3) is 2.76. The lowest BCUT2D eigenvalue weighted by Crippen LogP contribution is -1.93. The second-order valence-electron chi connectivity index (χ2n) is 4.56. The first-order valence-corrected chi connectivity index (χ1v) is 6.28. The molecule has 1 aromatic heterocycles. The van der Waals surface area contributed by atoms with Crippen molar-refractivity contribution in [1.82, 2.24) is 10.2 Å². The van der Waals surface area contributed by atoms with Gasteiger partial charge in [-0.05, 0) is 51.2 Å². The molecule has 90 valence electrons. The van der Waals surface area contributed by atoms with Gasteiger partial charge in [-0.3, -0.25) is 5.10 Å². The highest BCUT2D eigenvalue weighted by Crippen LogP contribution is 2.42. The Balaban J connectivity index is 2.37. The molecular formula is C15H20N2. The zero-order chi connectivity index (χ0) is 12.3. The van der Waals surface area contributed by atoms with Gasteiger partial charge in [-0.15, -0.1) is 0 Å². The molecule has 1 saturated carbocycles. The number of nitrogens with one attached hydrogen (secondary N) is 1. The Kier molecular flexibility index (Phi) is 3.62. The SMILES string of the molecule is CC=C/C=C(\C(=C/C)C1CC1)c1cc(C)[nH]n1. The second-order valence-corrected chi connectivity index (χ2v) is 4.56. The van der Waals surface area contributed by atoms with Crippen molar-refractivity contribution >= 4 is 5.57 Å². The van der Waals surface area contributed by atoms with Crippen molar-refractivity contribution in [2.75, 3.05) is 0 Å². The molecule has 0 bridgehead atoms. The van der Waals surface area contributed by atoms with Gasteiger partial charge in [-0.2, -0.15) is 5.10 Å². The summed E-state index contributed by atoms with van der Waals surface area (Å²) in [5.74, 6) is 0.744. The van der Waals surface area contributed by atoms with Crippen molar-refractivity contribution in [3.05, 3.63) is 47.3 Å². The van der Waals surface area contributed by atoms with E-state index in [0.717, 1.165) is 17.3 Å². The molecule has 0 atom stereocenters. The molecule has 1 fully saturated rings. The smallest absolute Gasteiger partial charge is 0.0926 e. The van der Waals surface area contributed by atoms with Crippen molar-refractivity contribution in [3.8, 4) is 0 Å². The largest absolute Gasteiger partial charge is 0.282 e. The number of H-pyrrole nitrogens is 1. The maximum absolute atomic E-state index is 4.38. The summed E-state index contributed by atoms with van der Waals surface area (Å²) in [6.45, 7) is 6.20. The molecule has 1 N–H and O–H groups in total. The molecular weight excluding hydrogens is 208 g/mol. The minimum absolute atomic E-state index is 0.744. The maximum Gasteiger partial charge on any atom is 0.0926 e. The Labute approximate surface area is 103 Å². The topological polar surface area (TPSA) is 28.7 Å². The second kappa shape index (κ2) is 5.17. The van der Waals surface area contributed by atoms with E-state index in [1.165, 1.54) is 24.0 Å². The van der Waals surface area contributed by atoms with Gasteiger partial charge in [0.05, 0.1) is 5.69 Å². The monoisotopic (exact) mass is 228 g/mol. The fraction of sp³-hybridized carbons (Fsp3) is 0.400. The predicted molar refractivity (Wildman–Crippen MR) is 72.6 cm³/mol. The van der Waals surface area contributed by atoms with E-state index in [4.69, 9.17) is 0 Å². The third-order valence-electron chi connectivity index (χ3n) is 3.08. The average molecular weight is 228 g/mol. The summed E-state index contributed by atoms with van der Waals surface area (Å²) in [5, 5.41) is 7.40. The third-order valence-corrected chi connectivity index (χ3v) is 3.08. The zero-order valence-corrected chi connectivity index (χ0v) is 10.8. The molecule has 1 aliphatic rings. The van der Waals surface area contributed by atoms with Crippen molar-refractivity contribution in [2.24, 2.45) is 5.92 Å². The van der Waals surface area contributed by atoms with Crippen LogP contribution in [0.5, 0.6) is 0 Å². The van der Waals surface area contributed by atoms with Crippen LogP contribution in [0.4, 0.5) is 0 Å². The summed E-state index contributed by atoms with van der Waals surface area (Å²) in [4.78, 5) is 0. The lowest BCUT2D eigenvalue weighted by molar-refractivity contribution is 1.01. The Morgan fingerprint density at radius 1 is 1.41 bits per heavy atom. The minimum atomic E-state index is 0.744. The van der Waals surface area contributed by atoms with Crippen LogP contribution in [0.15, 0.2) is 35.9 Å². The van der Waals surface area contributed by atoms with E-state index < -0.39 is 0 Å². The van der Waals surface area contributed by atoms with E-state index in [2.05, 4.69) is 47.5 Å². The quantitative estimate of drug-likeness (QED) is 0.774. The maximum atomic E-state index is 4.38. The summed E-state index contributed by atoms with van der Waals surface area (Å²) < 4.78 is 0. The Morgan fingerprint density at radius 2 is 2.18 bits per heavy atom. The Morgan fingerprint density at radius 3 is 2.65 bits per heavy atom. The molecule has 2 rings (SSSR count). The van der Waals surface area contributed by atoms with Gasteiger partial charge in [0.1, 0.15) is 0 Å². The number of nitrogens with zero attached hydrogens (tertiary/aromatic N) is 1. The molecule has 17 heavy (non-hydrogen) atoms.